The number of carboxylic acids is 2. The first-order valence-corrected chi connectivity index (χ1v) is 15.7. The molecule has 0 radical (unpaired) electrons. The van der Waals surface area contributed by atoms with Crippen molar-refractivity contribution in [1.82, 2.24) is 0 Å². The van der Waals surface area contributed by atoms with Crippen LogP contribution >= 0.6 is 0 Å². The topological polar surface area (TPSA) is 149 Å². The zero-order valence-electron chi connectivity index (χ0n) is 22.9. The van der Waals surface area contributed by atoms with Crippen molar-refractivity contribution in [3.63, 3.8) is 0 Å². The Labute approximate surface area is 222 Å². The van der Waals surface area contributed by atoms with Crippen molar-refractivity contribution in [2.24, 2.45) is 29.1 Å². The molecule has 2 rings (SSSR count). The van der Waals surface area contributed by atoms with Gasteiger partial charge in [0.1, 0.15) is 0 Å². The van der Waals surface area contributed by atoms with Gasteiger partial charge >= 0.3 is 11.9 Å². The summed E-state index contributed by atoms with van der Waals surface area (Å²) in [7, 11) is -3.76. The second kappa shape index (κ2) is 13.1. The van der Waals surface area contributed by atoms with Gasteiger partial charge < -0.3 is 20.4 Å². The highest BCUT2D eigenvalue weighted by molar-refractivity contribution is 7.92. The fraction of sp³-hybridized carbons (Fsp3) is 0.857. The molecule has 7 atom stereocenters. The van der Waals surface area contributed by atoms with E-state index in [0.717, 1.165) is 57.6 Å². The third kappa shape index (κ3) is 8.27. The third-order valence-corrected chi connectivity index (χ3v) is 11.1. The minimum absolute atomic E-state index is 0.0115. The molecule has 0 amide bonds. The number of aliphatic hydroxyl groups excluding tert-OH is 2. The van der Waals surface area contributed by atoms with Crippen molar-refractivity contribution in [3.05, 3.63) is 12.2 Å². The molecule has 0 aromatic heterocycles. The first-order valence-electron chi connectivity index (χ1n) is 13.8. The molecule has 214 valence electrons. The molecule has 9 heteroatoms. The summed E-state index contributed by atoms with van der Waals surface area (Å²) in [6.45, 7) is 4.72. The number of aliphatic carboxylic acids is 2. The molecule has 4 N–H and O–H groups in total. The van der Waals surface area contributed by atoms with Crippen LogP contribution in [0.5, 0.6) is 0 Å². The average Bonchev–Trinajstić information content (AvgIpc) is 2.80. The molecule has 0 heterocycles. The zero-order chi connectivity index (χ0) is 28.0. The van der Waals surface area contributed by atoms with Gasteiger partial charge in [0.15, 0.2) is 14.6 Å². The van der Waals surface area contributed by atoms with Gasteiger partial charge in [-0.05, 0) is 84.0 Å². The summed E-state index contributed by atoms with van der Waals surface area (Å²) in [4.78, 5) is 22.9. The van der Waals surface area contributed by atoms with E-state index in [1.807, 2.05) is 6.08 Å². The highest BCUT2D eigenvalue weighted by atomic mass is 32.2. The average molecular weight is 545 g/mol. The van der Waals surface area contributed by atoms with E-state index in [2.05, 4.69) is 6.08 Å². The van der Waals surface area contributed by atoms with E-state index in [9.17, 15) is 38.4 Å². The van der Waals surface area contributed by atoms with Gasteiger partial charge in [-0.25, -0.2) is 8.42 Å². The van der Waals surface area contributed by atoms with Gasteiger partial charge in [-0.1, -0.05) is 37.8 Å². The molecule has 2 saturated carbocycles. The van der Waals surface area contributed by atoms with Crippen molar-refractivity contribution in [2.45, 2.75) is 115 Å². The van der Waals surface area contributed by atoms with E-state index in [1.165, 1.54) is 6.92 Å². The standard InChI is InChI=1S/C28H48O8S/c1-27(2,25(31)32)17-7-13-19-9-5-11-21(23(19)29)15-16-22-12-6-10-20(24(22)30)14-8-18-28(3,26(33)34)37(4,35)36/h15-16,19-24,29-30H,5-14,17-18H2,1-4H3,(H,31,32)(H,33,34)/b16-15+. The lowest BCUT2D eigenvalue weighted by molar-refractivity contribution is -0.147. The molecule has 2 aliphatic carbocycles. The lowest BCUT2D eigenvalue weighted by Crippen LogP contribution is -2.43. The van der Waals surface area contributed by atoms with E-state index in [0.29, 0.717) is 19.3 Å². The number of aliphatic hydroxyl groups is 2. The highest BCUT2D eigenvalue weighted by Crippen LogP contribution is 2.38. The van der Waals surface area contributed by atoms with Crippen molar-refractivity contribution in [1.29, 1.82) is 0 Å². The summed E-state index contributed by atoms with van der Waals surface area (Å²) in [5.41, 5.74) is -0.760. The maximum absolute atomic E-state index is 12.0. The quantitative estimate of drug-likeness (QED) is 0.249. The number of carboxylic acid groups (broad SMARTS) is 2. The smallest absolute Gasteiger partial charge is 0.324 e. The second-order valence-electron chi connectivity index (χ2n) is 12.4. The largest absolute Gasteiger partial charge is 0.481 e. The Morgan fingerprint density at radius 1 is 0.784 bits per heavy atom. The Morgan fingerprint density at radius 2 is 1.22 bits per heavy atom. The first-order chi connectivity index (χ1) is 17.1. The minimum Gasteiger partial charge on any atom is -0.481 e. The van der Waals surface area contributed by atoms with Crippen LogP contribution in [0, 0.1) is 29.1 Å². The van der Waals surface area contributed by atoms with Crippen LogP contribution in [-0.4, -0.2) is 64.0 Å². The molecule has 0 spiro atoms. The molecule has 0 saturated heterocycles. The summed E-state index contributed by atoms with van der Waals surface area (Å²) in [5.74, 6) is -2.02. The maximum atomic E-state index is 12.0. The van der Waals surface area contributed by atoms with Crippen molar-refractivity contribution >= 4 is 21.8 Å². The van der Waals surface area contributed by atoms with Crippen LogP contribution in [0.15, 0.2) is 12.2 Å². The first kappa shape index (κ1) is 31.8. The van der Waals surface area contributed by atoms with Gasteiger partial charge in [0.2, 0.25) is 0 Å². The van der Waals surface area contributed by atoms with Crippen LogP contribution in [0.2, 0.25) is 0 Å². The number of carbonyl (C=O) groups is 2. The van der Waals surface area contributed by atoms with Crippen LogP contribution in [-0.2, 0) is 19.4 Å². The number of hydrogen-bond acceptors (Lipinski definition) is 6. The fourth-order valence-electron chi connectivity index (χ4n) is 6.02. The molecule has 0 aromatic carbocycles. The maximum Gasteiger partial charge on any atom is 0.324 e. The van der Waals surface area contributed by atoms with Crippen LogP contribution in [0.4, 0.5) is 0 Å². The summed E-state index contributed by atoms with van der Waals surface area (Å²) < 4.78 is 22.2. The van der Waals surface area contributed by atoms with Gasteiger partial charge in [-0.2, -0.15) is 0 Å². The molecule has 8 nitrogen and oxygen atoms in total. The molecule has 0 bridgehead atoms. The third-order valence-electron chi connectivity index (χ3n) is 9.13. The molecular formula is C28H48O8S. The zero-order valence-corrected chi connectivity index (χ0v) is 23.8. The van der Waals surface area contributed by atoms with Gasteiger partial charge in [-0.15, -0.1) is 0 Å². The number of rotatable bonds is 13. The molecular weight excluding hydrogens is 496 g/mol. The van der Waals surface area contributed by atoms with Gasteiger partial charge in [0.05, 0.1) is 17.6 Å². The van der Waals surface area contributed by atoms with Crippen molar-refractivity contribution < 1.29 is 38.4 Å². The molecule has 2 aliphatic rings. The molecule has 2 fully saturated rings. The Hall–Kier alpha value is -1.45. The molecule has 37 heavy (non-hydrogen) atoms. The second-order valence-corrected chi connectivity index (χ2v) is 14.8. The van der Waals surface area contributed by atoms with Crippen LogP contribution in [0.25, 0.3) is 0 Å². The normalized spacial score (nSPS) is 31.2. The van der Waals surface area contributed by atoms with Crippen molar-refractivity contribution in [3.8, 4) is 0 Å². The van der Waals surface area contributed by atoms with E-state index in [-0.39, 0.29) is 30.1 Å². The summed E-state index contributed by atoms with van der Waals surface area (Å²) in [6, 6.07) is 0. The minimum atomic E-state index is -3.76. The Kier molecular flexibility index (Phi) is 11.2. The molecule has 0 aliphatic heterocycles. The lowest BCUT2D eigenvalue weighted by Gasteiger charge is -2.36. The Bertz CT molecular complexity index is 911. The van der Waals surface area contributed by atoms with Crippen LogP contribution in [0.1, 0.15) is 97.8 Å². The number of sulfone groups is 1. The van der Waals surface area contributed by atoms with E-state index in [4.69, 9.17) is 0 Å². The monoisotopic (exact) mass is 544 g/mol. The van der Waals surface area contributed by atoms with E-state index < -0.39 is 44.1 Å². The fourth-order valence-corrected chi connectivity index (χ4v) is 6.85. The Balaban J connectivity index is 1.91. The summed E-state index contributed by atoms with van der Waals surface area (Å²) in [6.07, 6.45) is 12.6. The van der Waals surface area contributed by atoms with E-state index in [1.54, 1.807) is 13.8 Å². The molecule has 0 aromatic rings. The van der Waals surface area contributed by atoms with Crippen LogP contribution < -0.4 is 0 Å². The van der Waals surface area contributed by atoms with Gasteiger partial charge in [0, 0.05) is 18.1 Å². The van der Waals surface area contributed by atoms with Gasteiger partial charge in [0.25, 0.3) is 0 Å². The lowest BCUT2D eigenvalue weighted by atomic mass is 9.73. The SMILES string of the molecule is CC(C)(CCCC1CCCC(/C=C/C2CCCC(CCCC(C)(C(=O)O)S(C)(=O)=O)C2O)C1O)C(=O)O. The number of hydrogen-bond donors (Lipinski definition) is 4. The highest BCUT2D eigenvalue weighted by Gasteiger charge is 2.43. The summed E-state index contributed by atoms with van der Waals surface area (Å²) in [5, 5.41) is 40.8. The van der Waals surface area contributed by atoms with Gasteiger partial charge in [-0.3, -0.25) is 9.59 Å². The van der Waals surface area contributed by atoms with E-state index >= 15 is 0 Å². The predicted octanol–water partition coefficient (Wildman–Crippen LogP) is 4.44. The Morgan fingerprint density at radius 3 is 1.59 bits per heavy atom. The molecule has 7 unspecified atom stereocenters. The van der Waals surface area contributed by atoms with Crippen molar-refractivity contribution in [2.75, 3.05) is 6.26 Å². The predicted molar refractivity (Wildman–Crippen MR) is 143 cm³/mol. The summed E-state index contributed by atoms with van der Waals surface area (Å²) >= 11 is 0. The van der Waals surface area contributed by atoms with Crippen LogP contribution in [0.3, 0.4) is 0 Å².